The van der Waals surface area contributed by atoms with Gasteiger partial charge in [0, 0.05) is 26.1 Å². The number of hydrogen-bond donors (Lipinski definition) is 2. The van der Waals surface area contributed by atoms with Gasteiger partial charge in [-0.25, -0.2) is 19.9 Å². The Hall–Kier alpha value is -2.83. The number of rotatable bonds is 11. The number of anilines is 1. The van der Waals surface area contributed by atoms with Gasteiger partial charge < -0.3 is 9.47 Å². The van der Waals surface area contributed by atoms with E-state index in [4.69, 9.17) is 13.6 Å². The van der Waals surface area contributed by atoms with E-state index < -0.39 is 23.0 Å². The van der Waals surface area contributed by atoms with Gasteiger partial charge in [-0.05, 0) is 36.6 Å². The number of hydrogen-bond acceptors (Lipinski definition) is 8. The maximum atomic E-state index is 12.6. The lowest BCUT2D eigenvalue weighted by atomic mass is 10.1. The SMILES string of the molecule is [2H]c1nc(NS(=O)(=O)NC([2H])([2H])CC)c(-c2ccc(Br)cc2)c(OCCOc2ncc(C)cn2)n1. The van der Waals surface area contributed by atoms with Crippen molar-refractivity contribution < 1.29 is 22.0 Å². The third-order valence-corrected chi connectivity index (χ3v) is 5.23. The maximum Gasteiger partial charge on any atom is 0.316 e. The average Bonchev–Trinajstić information content (AvgIpc) is 2.77. The van der Waals surface area contributed by atoms with E-state index >= 15 is 0 Å². The molecule has 0 aliphatic heterocycles. The Morgan fingerprint density at radius 3 is 2.47 bits per heavy atom. The van der Waals surface area contributed by atoms with Crippen LogP contribution < -0.4 is 18.9 Å². The highest BCUT2D eigenvalue weighted by Crippen LogP contribution is 2.34. The average molecular weight is 526 g/mol. The molecule has 0 spiro atoms. The molecular weight excluding hydrogens is 500 g/mol. The minimum atomic E-state index is -4.40. The molecule has 0 fully saturated rings. The normalized spacial score (nSPS) is 13.0. The first-order valence-electron chi connectivity index (χ1n) is 11.0. The Kier molecular flexibility index (Phi) is 6.91. The summed E-state index contributed by atoms with van der Waals surface area (Å²) in [5.41, 5.74) is 1.55. The van der Waals surface area contributed by atoms with Gasteiger partial charge in [-0.1, -0.05) is 35.0 Å². The minimum absolute atomic E-state index is 0.0138. The van der Waals surface area contributed by atoms with E-state index in [1.165, 1.54) is 6.92 Å². The Morgan fingerprint density at radius 2 is 1.78 bits per heavy atom. The molecule has 0 atom stereocenters. The summed E-state index contributed by atoms with van der Waals surface area (Å²) < 4.78 is 64.7. The molecule has 12 heteroatoms. The summed E-state index contributed by atoms with van der Waals surface area (Å²) in [6.45, 7) is 1.20. The van der Waals surface area contributed by atoms with Crippen LogP contribution in [0.4, 0.5) is 5.82 Å². The lowest BCUT2D eigenvalue weighted by molar-refractivity contribution is 0.202. The van der Waals surface area contributed by atoms with E-state index in [0.29, 0.717) is 5.56 Å². The molecule has 10 nitrogen and oxygen atoms in total. The molecule has 1 aromatic carbocycles. The lowest BCUT2D eigenvalue weighted by Gasteiger charge is -2.15. The van der Waals surface area contributed by atoms with Crippen LogP contribution >= 0.6 is 15.9 Å². The monoisotopic (exact) mass is 525 g/mol. The smallest absolute Gasteiger partial charge is 0.316 e. The summed E-state index contributed by atoms with van der Waals surface area (Å²) in [7, 11) is -4.40. The number of nitrogens with zero attached hydrogens (tertiary/aromatic N) is 4. The van der Waals surface area contributed by atoms with Crippen LogP contribution in [0.3, 0.4) is 0 Å². The van der Waals surface area contributed by atoms with Gasteiger partial charge in [-0.15, -0.1) is 0 Å². The topological polar surface area (TPSA) is 128 Å². The zero-order valence-corrected chi connectivity index (χ0v) is 19.7. The van der Waals surface area contributed by atoms with Crippen LogP contribution in [0.5, 0.6) is 11.9 Å². The number of halogens is 1. The van der Waals surface area contributed by atoms with Crippen LogP contribution in [0, 0.1) is 6.92 Å². The number of nitrogens with one attached hydrogen (secondary N) is 2. The van der Waals surface area contributed by atoms with Gasteiger partial charge in [0.15, 0.2) is 5.82 Å². The van der Waals surface area contributed by atoms with Crippen LogP contribution in [0.2, 0.25) is 0 Å². The molecule has 0 radical (unpaired) electrons. The highest BCUT2D eigenvalue weighted by atomic mass is 79.9. The van der Waals surface area contributed by atoms with Gasteiger partial charge in [0.1, 0.15) is 20.9 Å². The number of aromatic nitrogens is 4. The van der Waals surface area contributed by atoms with Crippen molar-refractivity contribution in [3.05, 3.63) is 53.0 Å². The number of benzene rings is 1. The van der Waals surface area contributed by atoms with Gasteiger partial charge in [0.05, 0.1) is 5.56 Å². The van der Waals surface area contributed by atoms with Gasteiger partial charge in [-0.3, -0.25) is 4.72 Å². The molecule has 2 aromatic heterocycles. The second kappa shape index (κ2) is 11.2. The van der Waals surface area contributed by atoms with Gasteiger partial charge in [0.2, 0.25) is 5.88 Å². The quantitative estimate of drug-likeness (QED) is 0.365. The van der Waals surface area contributed by atoms with Gasteiger partial charge in [0.25, 0.3) is 10.2 Å². The Bertz CT molecular complexity index is 1270. The van der Waals surface area contributed by atoms with Crippen LogP contribution in [-0.4, -0.2) is 48.1 Å². The predicted octanol–water partition coefficient (Wildman–Crippen LogP) is 3.12. The standard InChI is InChI=1S/C20H23BrN6O4S/c1-3-8-26-32(28,29)27-18-17(15-4-6-16(21)7-5-15)19(25-13-24-18)30-9-10-31-20-22-11-14(2)12-23-20/h4-7,11-13,26H,3,8-10H2,1-2H3,(H,24,25,27)/i8D2,13D. The van der Waals surface area contributed by atoms with Crippen molar-refractivity contribution >= 4 is 32.0 Å². The van der Waals surface area contributed by atoms with Crippen molar-refractivity contribution in [1.29, 1.82) is 0 Å². The van der Waals surface area contributed by atoms with Crippen LogP contribution in [-0.2, 0) is 10.2 Å². The molecule has 0 saturated carbocycles. The fourth-order valence-corrected chi connectivity index (χ4v) is 3.49. The maximum absolute atomic E-state index is 12.6. The number of ether oxygens (including phenoxy) is 2. The van der Waals surface area contributed by atoms with E-state index in [1.54, 1.807) is 36.7 Å². The number of aryl methyl sites for hydroxylation is 1. The zero-order chi connectivity index (χ0) is 25.6. The molecule has 0 bridgehead atoms. The first-order valence-corrected chi connectivity index (χ1v) is 11.8. The van der Waals surface area contributed by atoms with E-state index in [1.807, 2.05) is 11.6 Å². The van der Waals surface area contributed by atoms with Crippen LogP contribution in [0.25, 0.3) is 11.1 Å². The van der Waals surface area contributed by atoms with Gasteiger partial charge >= 0.3 is 6.01 Å². The summed E-state index contributed by atoms with van der Waals surface area (Å²) in [5, 5.41) is 0. The van der Waals surface area contributed by atoms with Crippen molar-refractivity contribution in [3.8, 4) is 23.0 Å². The molecule has 3 aromatic rings. The van der Waals surface area contributed by atoms with E-state index in [0.717, 1.165) is 10.0 Å². The Morgan fingerprint density at radius 1 is 1.09 bits per heavy atom. The molecular formula is C20H23BrN6O4S. The summed E-state index contributed by atoms with van der Waals surface area (Å²) in [4.78, 5) is 16.0. The summed E-state index contributed by atoms with van der Waals surface area (Å²) >= 11 is 3.35. The molecule has 2 N–H and O–H groups in total. The molecule has 170 valence electrons. The van der Waals surface area contributed by atoms with E-state index in [2.05, 4.69) is 40.6 Å². The predicted molar refractivity (Wildman–Crippen MR) is 124 cm³/mol. The van der Waals surface area contributed by atoms with E-state index in [-0.39, 0.29) is 42.9 Å². The molecule has 0 unspecified atom stereocenters. The Labute approximate surface area is 199 Å². The third-order valence-electron chi connectivity index (χ3n) is 3.82. The van der Waals surface area contributed by atoms with Crippen LogP contribution in [0.1, 0.15) is 23.0 Å². The van der Waals surface area contributed by atoms with Crippen molar-refractivity contribution in [3.63, 3.8) is 0 Å². The Balaban J connectivity index is 1.89. The van der Waals surface area contributed by atoms with Crippen LogP contribution in [0.15, 0.2) is 47.4 Å². The lowest BCUT2D eigenvalue weighted by Crippen LogP contribution is -2.31. The summed E-state index contributed by atoms with van der Waals surface area (Å²) in [6.07, 6.45) is 2.62. The first-order chi connectivity index (χ1) is 16.5. The summed E-state index contributed by atoms with van der Waals surface area (Å²) in [6, 6.07) is 7.01. The third kappa shape index (κ3) is 6.84. The fourth-order valence-electron chi connectivity index (χ4n) is 2.44. The zero-order valence-electron chi connectivity index (χ0n) is 20.3. The fraction of sp³-hybridized carbons (Fsp3) is 0.300. The molecule has 0 aliphatic rings. The second-order valence-corrected chi connectivity index (χ2v) is 8.67. The highest BCUT2D eigenvalue weighted by Gasteiger charge is 2.19. The largest absolute Gasteiger partial charge is 0.473 e. The van der Waals surface area contributed by atoms with Crippen molar-refractivity contribution in [2.24, 2.45) is 0 Å². The first kappa shape index (κ1) is 19.8. The highest BCUT2D eigenvalue weighted by molar-refractivity contribution is 9.10. The minimum Gasteiger partial charge on any atom is -0.473 e. The molecule has 3 rings (SSSR count). The van der Waals surface area contributed by atoms with Crippen molar-refractivity contribution in [1.82, 2.24) is 24.7 Å². The van der Waals surface area contributed by atoms with Gasteiger partial charge in [-0.2, -0.15) is 13.1 Å². The van der Waals surface area contributed by atoms with Crippen molar-refractivity contribution in [2.45, 2.75) is 20.3 Å². The summed E-state index contributed by atoms with van der Waals surface area (Å²) in [5.74, 6) is -0.304. The molecule has 0 amide bonds. The van der Waals surface area contributed by atoms with Crippen molar-refractivity contribution in [2.75, 3.05) is 24.4 Å². The molecule has 0 aliphatic carbocycles. The molecule has 0 saturated heterocycles. The second-order valence-electron chi connectivity index (χ2n) is 6.34. The van der Waals surface area contributed by atoms with E-state index in [9.17, 15) is 8.42 Å². The molecule has 2 heterocycles. The molecule has 32 heavy (non-hydrogen) atoms.